The molecule has 18 heteroatoms. The molecule has 0 bridgehead atoms. The lowest BCUT2D eigenvalue weighted by Crippen LogP contribution is -2.45. The Morgan fingerprint density at radius 2 is 1.95 bits per heavy atom. The minimum Gasteiger partial charge on any atom is -0.435 e. The maximum Gasteiger partial charge on any atom is 0.387 e. The summed E-state index contributed by atoms with van der Waals surface area (Å²) in [4.78, 5) is 21.1. The molecule has 14 nitrogen and oxygen atoms in total. The number of carbonyl (C=O) groups is 1. The maximum absolute atomic E-state index is 13.3. The van der Waals surface area contributed by atoms with Crippen LogP contribution in [0.25, 0.3) is 16.9 Å². The first kappa shape index (κ1) is 27.1. The van der Waals surface area contributed by atoms with Crippen LogP contribution < -0.4 is 14.8 Å². The van der Waals surface area contributed by atoms with Crippen molar-refractivity contribution in [3.8, 4) is 22.8 Å². The van der Waals surface area contributed by atoms with E-state index in [1.807, 2.05) is 7.05 Å². The second-order valence-corrected chi connectivity index (χ2v) is 9.31. The summed E-state index contributed by atoms with van der Waals surface area (Å²) in [6.07, 6.45) is 5.82. The fourth-order valence-electron chi connectivity index (χ4n) is 4.47. The monoisotopic (exact) mass is 587 g/mol. The third-order valence-corrected chi connectivity index (χ3v) is 6.33. The largest absolute Gasteiger partial charge is 0.435 e. The van der Waals surface area contributed by atoms with E-state index >= 15 is 0 Å². The van der Waals surface area contributed by atoms with Gasteiger partial charge in [-0.05, 0) is 36.5 Å². The zero-order valence-corrected chi connectivity index (χ0v) is 21.7. The predicted molar refractivity (Wildman–Crippen MR) is 135 cm³/mol. The van der Waals surface area contributed by atoms with Gasteiger partial charge in [0.25, 0.3) is 5.91 Å². The van der Waals surface area contributed by atoms with Gasteiger partial charge < -0.3 is 19.7 Å². The average molecular weight is 587 g/mol. The van der Waals surface area contributed by atoms with Gasteiger partial charge >= 0.3 is 13.2 Å². The molecule has 5 aromatic rings. The topological polar surface area (TPSA) is 142 Å². The number of fused-ring (bicyclic) bond motifs is 1. The number of halogens is 4. The maximum atomic E-state index is 13.3. The van der Waals surface area contributed by atoms with Crippen molar-refractivity contribution < 1.29 is 31.8 Å². The standard InChI is InChI=1S/C24H21F4N11O3/c1-36-9-13(10-36)39-33-19(32-35-39)12-37-11-17(31-22(40)16-8-30-38-6-2-5-29-21(16)38)20(34-37)15-7-14(41-23(25)26)3-4-18(15)42-24(27)28/h2-8,11,13,23-24H,9-10,12H2,1H3,(H,31,40). The van der Waals surface area contributed by atoms with Crippen LogP contribution in [0.4, 0.5) is 23.2 Å². The van der Waals surface area contributed by atoms with Crippen LogP contribution in [0.5, 0.6) is 11.5 Å². The summed E-state index contributed by atoms with van der Waals surface area (Å²) in [5.74, 6) is -1.07. The summed E-state index contributed by atoms with van der Waals surface area (Å²) in [7, 11) is 1.96. The van der Waals surface area contributed by atoms with Gasteiger partial charge in [-0.15, -0.1) is 10.2 Å². The normalized spacial score (nSPS) is 14.1. The van der Waals surface area contributed by atoms with Crippen molar-refractivity contribution in [3.05, 3.63) is 60.4 Å². The SMILES string of the molecule is CN1CC(n2nnc(Cn3cc(NC(=O)c4cnn5cccnc45)c(-c4cc(OC(F)F)ccc4OC(F)F)n3)n2)C1. The fraction of sp³-hybridized carbons (Fsp3) is 0.292. The number of aromatic nitrogens is 9. The summed E-state index contributed by atoms with van der Waals surface area (Å²) in [5, 5.41) is 23.7. The van der Waals surface area contributed by atoms with Crippen LogP contribution in [0.3, 0.4) is 0 Å². The highest BCUT2D eigenvalue weighted by Crippen LogP contribution is 2.38. The van der Waals surface area contributed by atoms with E-state index in [1.165, 1.54) is 32.6 Å². The Labute approximate surface area is 233 Å². The van der Waals surface area contributed by atoms with E-state index in [-0.39, 0.29) is 52.2 Å². The number of anilines is 1. The molecule has 42 heavy (non-hydrogen) atoms. The van der Waals surface area contributed by atoms with Crippen LogP contribution in [0.1, 0.15) is 22.2 Å². The fourth-order valence-corrected chi connectivity index (χ4v) is 4.47. The molecule has 0 atom stereocenters. The Morgan fingerprint density at radius 3 is 2.71 bits per heavy atom. The molecule has 1 aliphatic rings. The zero-order valence-electron chi connectivity index (χ0n) is 21.7. The Bertz CT molecular complexity index is 1730. The second kappa shape index (κ2) is 11.0. The van der Waals surface area contributed by atoms with Crippen molar-refractivity contribution in [2.75, 3.05) is 25.5 Å². The van der Waals surface area contributed by atoms with E-state index in [0.717, 1.165) is 31.3 Å². The molecule has 1 amide bonds. The van der Waals surface area contributed by atoms with Crippen molar-refractivity contribution in [3.63, 3.8) is 0 Å². The number of tetrazole rings is 1. The van der Waals surface area contributed by atoms with Gasteiger partial charge in [0, 0.05) is 31.7 Å². The van der Waals surface area contributed by atoms with Crippen LogP contribution in [-0.4, -0.2) is 88.8 Å². The summed E-state index contributed by atoms with van der Waals surface area (Å²) in [6.45, 7) is -4.90. The van der Waals surface area contributed by atoms with E-state index in [2.05, 4.69) is 50.3 Å². The van der Waals surface area contributed by atoms with Crippen molar-refractivity contribution in [2.24, 2.45) is 0 Å². The lowest BCUT2D eigenvalue weighted by Gasteiger charge is -2.34. The number of alkyl halides is 4. The number of nitrogens with zero attached hydrogens (tertiary/aromatic N) is 10. The van der Waals surface area contributed by atoms with Gasteiger partial charge in [0.15, 0.2) is 11.5 Å². The summed E-state index contributed by atoms with van der Waals surface area (Å²) >= 11 is 0. The quantitative estimate of drug-likeness (QED) is 0.242. The Balaban J connectivity index is 1.38. The Morgan fingerprint density at radius 1 is 1.14 bits per heavy atom. The third-order valence-electron chi connectivity index (χ3n) is 6.33. The number of hydrogen-bond acceptors (Lipinski definition) is 10. The number of nitrogens with one attached hydrogen (secondary N) is 1. The van der Waals surface area contributed by atoms with Crippen molar-refractivity contribution in [1.29, 1.82) is 0 Å². The molecule has 0 spiro atoms. The molecule has 0 saturated carbocycles. The Hall–Kier alpha value is -5.13. The van der Waals surface area contributed by atoms with Crippen LogP contribution in [-0.2, 0) is 6.54 Å². The second-order valence-electron chi connectivity index (χ2n) is 9.31. The molecule has 4 aromatic heterocycles. The van der Waals surface area contributed by atoms with Gasteiger partial charge in [-0.2, -0.15) is 32.6 Å². The van der Waals surface area contributed by atoms with E-state index in [9.17, 15) is 22.4 Å². The molecule has 0 aliphatic carbocycles. The molecule has 5 heterocycles. The van der Waals surface area contributed by atoms with Crippen LogP contribution in [0.15, 0.2) is 49.1 Å². The molecule has 1 fully saturated rings. The van der Waals surface area contributed by atoms with Crippen LogP contribution in [0.2, 0.25) is 0 Å². The summed E-state index contributed by atoms with van der Waals surface area (Å²) in [6, 6.07) is 4.86. The van der Waals surface area contributed by atoms with Crippen LogP contribution >= 0.6 is 0 Å². The number of likely N-dealkylation sites (N-methyl/N-ethyl adjacent to an activating group) is 1. The number of benzene rings is 1. The zero-order chi connectivity index (χ0) is 29.4. The number of carbonyl (C=O) groups excluding carboxylic acids is 1. The molecule has 1 aliphatic heterocycles. The third kappa shape index (κ3) is 5.55. The first-order valence-electron chi connectivity index (χ1n) is 12.4. The lowest BCUT2D eigenvalue weighted by atomic mass is 10.1. The minimum absolute atomic E-state index is 0.0119. The van der Waals surface area contributed by atoms with Gasteiger partial charge in [-0.1, -0.05) is 0 Å². The highest BCUT2D eigenvalue weighted by molar-refractivity contribution is 6.09. The molecule has 0 radical (unpaired) electrons. The average Bonchev–Trinajstić information content (AvgIpc) is 3.66. The van der Waals surface area contributed by atoms with E-state index < -0.39 is 19.1 Å². The van der Waals surface area contributed by atoms with Gasteiger partial charge in [-0.25, -0.2) is 9.50 Å². The van der Waals surface area contributed by atoms with Gasteiger partial charge in [-0.3, -0.25) is 9.48 Å². The smallest absolute Gasteiger partial charge is 0.387 e. The van der Waals surface area contributed by atoms with Crippen molar-refractivity contribution in [1.82, 2.24) is 49.5 Å². The predicted octanol–water partition coefficient (Wildman–Crippen LogP) is 2.57. The highest BCUT2D eigenvalue weighted by atomic mass is 19.3. The summed E-state index contributed by atoms with van der Waals surface area (Å²) in [5.41, 5.74) is 0.200. The molecule has 1 aromatic carbocycles. The molecular weight excluding hydrogens is 566 g/mol. The number of ether oxygens (including phenoxy) is 2. The Kier molecular flexibility index (Phi) is 7.11. The lowest BCUT2D eigenvalue weighted by molar-refractivity contribution is -0.0526. The highest BCUT2D eigenvalue weighted by Gasteiger charge is 2.28. The minimum atomic E-state index is -3.24. The number of likely N-dealkylation sites (tertiary alicyclic amines) is 1. The first-order valence-corrected chi connectivity index (χ1v) is 12.4. The summed E-state index contributed by atoms with van der Waals surface area (Å²) < 4.78 is 64.3. The first-order chi connectivity index (χ1) is 20.2. The van der Waals surface area contributed by atoms with E-state index in [0.29, 0.717) is 5.82 Å². The van der Waals surface area contributed by atoms with Crippen LogP contribution in [0, 0.1) is 0 Å². The van der Waals surface area contributed by atoms with E-state index in [1.54, 1.807) is 12.3 Å². The molecule has 218 valence electrons. The van der Waals surface area contributed by atoms with E-state index in [4.69, 9.17) is 0 Å². The molecule has 1 N–H and O–H groups in total. The molecule has 0 unspecified atom stereocenters. The van der Waals surface area contributed by atoms with Gasteiger partial charge in [0.1, 0.15) is 29.3 Å². The van der Waals surface area contributed by atoms with Crippen molar-refractivity contribution in [2.45, 2.75) is 25.8 Å². The van der Waals surface area contributed by atoms with Crippen molar-refractivity contribution >= 4 is 17.2 Å². The number of hydrogen-bond donors (Lipinski definition) is 1. The molecular formula is C24H21F4N11O3. The molecule has 1 saturated heterocycles. The van der Waals surface area contributed by atoms with Gasteiger partial charge in [0.2, 0.25) is 0 Å². The van der Waals surface area contributed by atoms with Gasteiger partial charge in [0.05, 0.1) is 23.5 Å². The number of rotatable bonds is 10. The number of amides is 1. The molecule has 6 rings (SSSR count).